The van der Waals surface area contributed by atoms with Gasteiger partial charge in [0.25, 0.3) is 5.91 Å². The molecular formula is C11H11N5O. The Bertz CT molecular complexity index is 559. The fourth-order valence-corrected chi connectivity index (χ4v) is 1.79. The maximum absolute atomic E-state index is 11.7. The van der Waals surface area contributed by atoms with Gasteiger partial charge in [0, 0.05) is 0 Å². The van der Waals surface area contributed by atoms with Gasteiger partial charge in [-0.2, -0.15) is 5.21 Å². The number of carbonyl (C=O) groups excluding carboxylic acids is 1. The number of aryl methyl sites for hydroxylation is 1. The second kappa shape index (κ2) is 3.58. The lowest BCUT2D eigenvalue weighted by molar-refractivity contribution is 0.0930. The Hall–Kier alpha value is -2.37. The molecular weight excluding hydrogens is 218 g/mol. The number of aromatic amines is 1. The highest BCUT2D eigenvalue weighted by Crippen LogP contribution is 2.22. The van der Waals surface area contributed by atoms with Crippen LogP contribution in [0.25, 0.3) is 0 Å². The van der Waals surface area contributed by atoms with Crippen molar-refractivity contribution in [3.8, 4) is 0 Å². The van der Waals surface area contributed by atoms with Gasteiger partial charge in [0.05, 0.1) is 0 Å². The molecule has 1 atom stereocenters. The van der Waals surface area contributed by atoms with Crippen LogP contribution in [0, 0.1) is 6.92 Å². The fourth-order valence-electron chi connectivity index (χ4n) is 1.79. The van der Waals surface area contributed by atoms with Crippen molar-refractivity contribution in [3.63, 3.8) is 0 Å². The molecule has 6 nitrogen and oxygen atoms in total. The average molecular weight is 229 g/mol. The van der Waals surface area contributed by atoms with Gasteiger partial charge in [-0.1, -0.05) is 29.8 Å². The van der Waals surface area contributed by atoms with E-state index in [1.165, 1.54) is 5.56 Å². The zero-order valence-electron chi connectivity index (χ0n) is 9.19. The molecule has 0 fully saturated rings. The van der Waals surface area contributed by atoms with Crippen molar-refractivity contribution in [1.82, 2.24) is 20.7 Å². The minimum Gasteiger partial charge on any atom is -0.343 e. The molecule has 1 aromatic heterocycles. The lowest BCUT2D eigenvalue weighted by Gasteiger charge is -2.24. The third-order valence-corrected chi connectivity index (χ3v) is 2.73. The first kappa shape index (κ1) is 9.83. The van der Waals surface area contributed by atoms with Crippen LogP contribution in [0.15, 0.2) is 24.3 Å². The number of aromatic nitrogens is 3. The van der Waals surface area contributed by atoms with Gasteiger partial charge in [-0.3, -0.25) is 4.79 Å². The standard InChI is InChI=1S/C11H11N5O/c1-6-2-4-7(5-3-6)9-12-10-8(11(17)13-9)14-16-15-10/h2-5,9H,1H3,(H,13,17)(H2,12,14,15,16). The Balaban J connectivity index is 1.93. The Morgan fingerprint density at radius 1 is 1.12 bits per heavy atom. The molecule has 86 valence electrons. The molecule has 3 rings (SSSR count). The van der Waals surface area contributed by atoms with Crippen LogP contribution in [-0.2, 0) is 0 Å². The lowest BCUT2D eigenvalue weighted by atomic mass is 10.1. The SMILES string of the molecule is Cc1ccc(C2NC(=O)c3n[nH]nc3N2)cc1. The van der Waals surface area contributed by atoms with E-state index in [1.807, 2.05) is 31.2 Å². The van der Waals surface area contributed by atoms with E-state index in [1.54, 1.807) is 0 Å². The number of fused-ring (bicyclic) bond motifs is 1. The second-order valence-electron chi connectivity index (χ2n) is 3.98. The summed E-state index contributed by atoms with van der Waals surface area (Å²) < 4.78 is 0. The van der Waals surface area contributed by atoms with Gasteiger partial charge >= 0.3 is 0 Å². The van der Waals surface area contributed by atoms with Crippen molar-refractivity contribution in [2.75, 3.05) is 5.32 Å². The van der Waals surface area contributed by atoms with Crippen molar-refractivity contribution in [2.24, 2.45) is 0 Å². The van der Waals surface area contributed by atoms with E-state index < -0.39 is 0 Å². The lowest BCUT2D eigenvalue weighted by Crippen LogP contribution is -2.38. The fraction of sp³-hybridized carbons (Fsp3) is 0.182. The van der Waals surface area contributed by atoms with E-state index in [4.69, 9.17) is 0 Å². The summed E-state index contributed by atoms with van der Waals surface area (Å²) in [4.78, 5) is 11.7. The first-order valence-corrected chi connectivity index (χ1v) is 5.29. The monoisotopic (exact) mass is 229 g/mol. The van der Waals surface area contributed by atoms with Gasteiger partial charge in [0.2, 0.25) is 0 Å². The Kier molecular flexibility index (Phi) is 2.07. The highest BCUT2D eigenvalue weighted by Gasteiger charge is 2.27. The van der Waals surface area contributed by atoms with E-state index in [-0.39, 0.29) is 12.1 Å². The molecule has 2 aromatic rings. The molecule has 1 aromatic carbocycles. The first-order chi connectivity index (χ1) is 8.24. The second-order valence-corrected chi connectivity index (χ2v) is 3.98. The minimum atomic E-state index is -0.263. The maximum atomic E-state index is 11.7. The summed E-state index contributed by atoms with van der Waals surface area (Å²) in [6.07, 6.45) is -0.263. The van der Waals surface area contributed by atoms with Crippen molar-refractivity contribution < 1.29 is 4.79 Å². The summed E-state index contributed by atoms with van der Waals surface area (Å²) in [5.74, 6) is 0.261. The van der Waals surface area contributed by atoms with Crippen LogP contribution in [0.5, 0.6) is 0 Å². The molecule has 1 aliphatic heterocycles. The number of carbonyl (C=O) groups is 1. The zero-order chi connectivity index (χ0) is 11.8. The van der Waals surface area contributed by atoms with Gasteiger partial charge in [-0.25, -0.2) is 0 Å². The summed E-state index contributed by atoms with van der Waals surface area (Å²) in [5.41, 5.74) is 2.46. The third-order valence-electron chi connectivity index (χ3n) is 2.73. The van der Waals surface area contributed by atoms with E-state index in [9.17, 15) is 4.79 Å². The van der Waals surface area contributed by atoms with E-state index in [0.717, 1.165) is 5.56 Å². The van der Waals surface area contributed by atoms with Crippen molar-refractivity contribution in [2.45, 2.75) is 13.1 Å². The summed E-state index contributed by atoms with van der Waals surface area (Å²) >= 11 is 0. The molecule has 2 heterocycles. The Morgan fingerprint density at radius 2 is 1.88 bits per heavy atom. The summed E-state index contributed by atoms with van der Waals surface area (Å²) in [7, 11) is 0. The van der Waals surface area contributed by atoms with E-state index in [2.05, 4.69) is 26.0 Å². The number of benzene rings is 1. The smallest absolute Gasteiger partial charge is 0.277 e. The number of nitrogens with one attached hydrogen (secondary N) is 3. The highest BCUT2D eigenvalue weighted by atomic mass is 16.2. The van der Waals surface area contributed by atoms with Crippen LogP contribution in [0.3, 0.4) is 0 Å². The molecule has 0 spiro atoms. The first-order valence-electron chi connectivity index (χ1n) is 5.29. The zero-order valence-corrected chi connectivity index (χ0v) is 9.19. The minimum absolute atomic E-state index is 0.224. The van der Waals surface area contributed by atoms with Gasteiger partial charge in [0.15, 0.2) is 11.5 Å². The summed E-state index contributed by atoms with van der Waals surface area (Å²) in [6, 6.07) is 7.94. The largest absolute Gasteiger partial charge is 0.343 e. The number of hydrogen-bond acceptors (Lipinski definition) is 4. The summed E-state index contributed by atoms with van der Waals surface area (Å²) in [5, 5.41) is 16.0. The van der Waals surface area contributed by atoms with Crippen molar-refractivity contribution in [3.05, 3.63) is 41.1 Å². The molecule has 3 N–H and O–H groups in total. The molecule has 0 saturated carbocycles. The van der Waals surface area contributed by atoms with Crippen LogP contribution >= 0.6 is 0 Å². The van der Waals surface area contributed by atoms with Gasteiger partial charge < -0.3 is 10.6 Å². The van der Waals surface area contributed by atoms with Crippen LogP contribution in [0.2, 0.25) is 0 Å². The summed E-state index contributed by atoms with van der Waals surface area (Å²) in [6.45, 7) is 2.02. The topological polar surface area (TPSA) is 82.7 Å². The van der Waals surface area contributed by atoms with Crippen molar-refractivity contribution in [1.29, 1.82) is 0 Å². The number of hydrogen-bond donors (Lipinski definition) is 3. The molecule has 6 heteroatoms. The Morgan fingerprint density at radius 3 is 2.65 bits per heavy atom. The molecule has 0 aliphatic carbocycles. The van der Waals surface area contributed by atoms with Crippen LogP contribution < -0.4 is 10.6 Å². The number of H-pyrrole nitrogens is 1. The number of amides is 1. The predicted octanol–water partition coefficient (Wildman–Crippen LogP) is 0.967. The number of nitrogens with zero attached hydrogens (tertiary/aromatic N) is 2. The van der Waals surface area contributed by atoms with Crippen LogP contribution in [0.4, 0.5) is 5.82 Å². The Labute approximate surface area is 97.4 Å². The molecule has 1 unspecified atom stereocenters. The van der Waals surface area contributed by atoms with Crippen LogP contribution in [0.1, 0.15) is 27.8 Å². The van der Waals surface area contributed by atoms with Crippen LogP contribution in [-0.4, -0.2) is 21.3 Å². The molecule has 1 amide bonds. The third kappa shape index (κ3) is 1.63. The van der Waals surface area contributed by atoms with E-state index >= 15 is 0 Å². The predicted molar refractivity (Wildman–Crippen MR) is 61.4 cm³/mol. The average Bonchev–Trinajstić information content (AvgIpc) is 2.78. The number of rotatable bonds is 1. The molecule has 0 radical (unpaired) electrons. The molecule has 0 saturated heterocycles. The highest BCUT2D eigenvalue weighted by molar-refractivity contribution is 5.98. The quantitative estimate of drug-likeness (QED) is 0.680. The number of anilines is 1. The van der Waals surface area contributed by atoms with Gasteiger partial charge in [-0.15, -0.1) is 10.2 Å². The normalized spacial score (nSPS) is 18.2. The maximum Gasteiger partial charge on any atom is 0.277 e. The van der Waals surface area contributed by atoms with Gasteiger partial charge in [-0.05, 0) is 12.5 Å². The van der Waals surface area contributed by atoms with Crippen molar-refractivity contribution >= 4 is 11.7 Å². The molecule has 17 heavy (non-hydrogen) atoms. The molecule has 1 aliphatic rings. The van der Waals surface area contributed by atoms with E-state index in [0.29, 0.717) is 11.5 Å². The molecule has 0 bridgehead atoms. The van der Waals surface area contributed by atoms with Gasteiger partial charge in [0.1, 0.15) is 6.17 Å².